The molecule has 0 aliphatic carbocycles. The third-order valence-corrected chi connectivity index (χ3v) is 2.92. The van der Waals surface area contributed by atoms with E-state index in [4.69, 9.17) is 0 Å². The predicted molar refractivity (Wildman–Crippen MR) is 68.5 cm³/mol. The maximum Gasteiger partial charge on any atom is 0.433 e. The third-order valence-electron chi connectivity index (χ3n) is 2.92. The van der Waals surface area contributed by atoms with E-state index in [2.05, 4.69) is 4.98 Å². The van der Waals surface area contributed by atoms with Crippen LogP contribution in [-0.2, 0) is 19.0 Å². The molecular formula is C15H12F3NO. The second kappa shape index (κ2) is 5.86. The van der Waals surface area contributed by atoms with Gasteiger partial charge in [-0.05, 0) is 30.5 Å². The first-order chi connectivity index (χ1) is 9.50. The van der Waals surface area contributed by atoms with Gasteiger partial charge in [0.25, 0.3) is 0 Å². The van der Waals surface area contributed by atoms with Gasteiger partial charge in [0.05, 0.1) is 5.69 Å². The van der Waals surface area contributed by atoms with Crippen molar-refractivity contribution in [3.8, 4) is 0 Å². The first-order valence-electron chi connectivity index (χ1n) is 6.07. The molecule has 104 valence electrons. The maximum atomic E-state index is 12.6. The topological polar surface area (TPSA) is 30.0 Å². The smallest absolute Gasteiger partial charge is 0.298 e. The number of alkyl halides is 3. The molecule has 0 aliphatic rings. The molecule has 0 fully saturated rings. The summed E-state index contributed by atoms with van der Waals surface area (Å²) in [6.07, 6.45) is -3.13. The number of halogens is 3. The van der Waals surface area contributed by atoms with Gasteiger partial charge in [-0.3, -0.25) is 4.79 Å². The molecule has 0 amide bonds. The summed E-state index contributed by atoms with van der Waals surface area (Å²) < 4.78 is 37.8. The van der Waals surface area contributed by atoms with Crippen LogP contribution in [0.5, 0.6) is 0 Å². The van der Waals surface area contributed by atoms with Crippen LogP contribution < -0.4 is 0 Å². The van der Waals surface area contributed by atoms with Gasteiger partial charge in [0, 0.05) is 5.56 Å². The fourth-order valence-electron chi connectivity index (χ4n) is 1.88. The standard InChI is InChI=1S/C15H12F3NO/c16-15(17,18)14-9-7-12(10-20)13(19-14)8-6-11-4-2-1-3-5-11/h1-5,7,9-10H,6,8H2. The number of aryl methyl sites for hydroxylation is 2. The number of hydrogen-bond acceptors (Lipinski definition) is 2. The molecule has 0 spiro atoms. The van der Waals surface area contributed by atoms with Crippen molar-refractivity contribution in [3.05, 3.63) is 65.0 Å². The predicted octanol–water partition coefficient (Wildman–Crippen LogP) is 3.70. The van der Waals surface area contributed by atoms with Crippen LogP contribution in [0, 0.1) is 0 Å². The number of hydrogen-bond donors (Lipinski definition) is 0. The minimum Gasteiger partial charge on any atom is -0.298 e. The van der Waals surface area contributed by atoms with Crippen molar-refractivity contribution in [1.82, 2.24) is 4.98 Å². The van der Waals surface area contributed by atoms with E-state index in [1.165, 1.54) is 6.07 Å². The molecule has 0 bridgehead atoms. The Morgan fingerprint density at radius 2 is 1.70 bits per heavy atom. The van der Waals surface area contributed by atoms with Crippen molar-refractivity contribution >= 4 is 6.29 Å². The summed E-state index contributed by atoms with van der Waals surface area (Å²) in [5, 5.41) is 0. The number of nitrogens with zero attached hydrogens (tertiary/aromatic N) is 1. The van der Waals surface area contributed by atoms with Gasteiger partial charge in [-0.2, -0.15) is 13.2 Å². The second-order valence-electron chi connectivity index (χ2n) is 4.33. The van der Waals surface area contributed by atoms with Crippen molar-refractivity contribution in [2.24, 2.45) is 0 Å². The normalized spacial score (nSPS) is 11.3. The second-order valence-corrected chi connectivity index (χ2v) is 4.33. The molecule has 0 radical (unpaired) electrons. The highest BCUT2D eigenvalue weighted by Crippen LogP contribution is 2.28. The molecule has 0 aliphatic heterocycles. The average Bonchev–Trinajstić information content (AvgIpc) is 2.45. The summed E-state index contributed by atoms with van der Waals surface area (Å²) in [4.78, 5) is 14.5. The van der Waals surface area contributed by atoms with Crippen LogP contribution in [0.4, 0.5) is 13.2 Å². The Balaban J connectivity index is 2.23. The summed E-state index contributed by atoms with van der Waals surface area (Å²) in [6, 6.07) is 11.3. The quantitative estimate of drug-likeness (QED) is 0.799. The minimum atomic E-state index is -4.50. The highest BCUT2D eigenvalue weighted by molar-refractivity contribution is 5.76. The lowest BCUT2D eigenvalue weighted by atomic mass is 10.0. The van der Waals surface area contributed by atoms with Crippen molar-refractivity contribution in [1.29, 1.82) is 0 Å². The van der Waals surface area contributed by atoms with Crippen molar-refractivity contribution < 1.29 is 18.0 Å². The Kier molecular flexibility index (Phi) is 4.17. The first kappa shape index (κ1) is 14.2. The van der Waals surface area contributed by atoms with E-state index in [0.717, 1.165) is 11.6 Å². The first-order valence-corrected chi connectivity index (χ1v) is 6.07. The Hall–Kier alpha value is -2.17. The molecule has 1 heterocycles. The zero-order valence-electron chi connectivity index (χ0n) is 10.5. The number of rotatable bonds is 4. The highest BCUT2D eigenvalue weighted by atomic mass is 19.4. The summed E-state index contributed by atoms with van der Waals surface area (Å²) in [5.41, 5.74) is 0.405. The summed E-state index contributed by atoms with van der Waals surface area (Å²) in [7, 11) is 0. The molecule has 2 rings (SSSR count). The molecule has 1 aromatic carbocycles. The zero-order chi connectivity index (χ0) is 14.6. The summed E-state index contributed by atoms with van der Waals surface area (Å²) >= 11 is 0. The lowest BCUT2D eigenvalue weighted by Crippen LogP contribution is -2.11. The van der Waals surface area contributed by atoms with Crippen LogP contribution in [0.2, 0.25) is 0 Å². The molecular weight excluding hydrogens is 267 g/mol. The van der Waals surface area contributed by atoms with Gasteiger partial charge in [-0.1, -0.05) is 30.3 Å². The molecule has 20 heavy (non-hydrogen) atoms. The van der Waals surface area contributed by atoms with Gasteiger partial charge < -0.3 is 0 Å². The largest absolute Gasteiger partial charge is 0.433 e. The van der Waals surface area contributed by atoms with Crippen LogP contribution in [0.25, 0.3) is 0 Å². The van der Waals surface area contributed by atoms with Crippen LogP contribution in [0.3, 0.4) is 0 Å². The minimum absolute atomic E-state index is 0.179. The molecule has 1 aromatic heterocycles. The van der Waals surface area contributed by atoms with Crippen LogP contribution >= 0.6 is 0 Å². The van der Waals surface area contributed by atoms with E-state index in [0.29, 0.717) is 19.1 Å². The Morgan fingerprint density at radius 3 is 2.30 bits per heavy atom. The fourth-order valence-corrected chi connectivity index (χ4v) is 1.88. The van der Waals surface area contributed by atoms with Gasteiger partial charge >= 0.3 is 6.18 Å². The van der Waals surface area contributed by atoms with E-state index >= 15 is 0 Å². The number of pyridine rings is 1. The van der Waals surface area contributed by atoms with Crippen LogP contribution in [-0.4, -0.2) is 11.3 Å². The number of benzene rings is 1. The summed E-state index contributed by atoms with van der Waals surface area (Å²) in [5.74, 6) is 0. The molecule has 2 nitrogen and oxygen atoms in total. The van der Waals surface area contributed by atoms with Crippen LogP contribution in [0.15, 0.2) is 42.5 Å². The highest BCUT2D eigenvalue weighted by Gasteiger charge is 2.32. The number of carbonyl (C=O) groups excluding carboxylic acids is 1. The Morgan fingerprint density at radius 1 is 1.00 bits per heavy atom. The lowest BCUT2D eigenvalue weighted by molar-refractivity contribution is -0.141. The lowest BCUT2D eigenvalue weighted by Gasteiger charge is -2.10. The molecule has 0 saturated heterocycles. The maximum absolute atomic E-state index is 12.6. The zero-order valence-corrected chi connectivity index (χ0v) is 10.5. The van der Waals surface area contributed by atoms with Gasteiger partial charge in [0.1, 0.15) is 5.69 Å². The van der Waals surface area contributed by atoms with Crippen molar-refractivity contribution in [2.45, 2.75) is 19.0 Å². The Labute approximate surface area is 114 Å². The molecule has 0 atom stereocenters. The number of aromatic nitrogens is 1. The molecule has 0 saturated carbocycles. The van der Waals surface area contributed by atoms with Crippen molar-refractivity contribution in [2.75, 3.05) is 0 Å². The van der Waals surface area contributed by atoms with E-state index in [1.807, 2.05) is 30.3 Å². The average molecular weight is 279 g/mol. The molecule has 2 aromatic rings. The third kappa shape index (κ3) is 3.44. The van der Waals surface area contributed by atoms with E-state index in [-0.39, 0.29) is 11.3 Å². The van der Waals surface area contributed by atoms with Gasteiger partial charge in [-0.25, -0.2) is 4.98 Å². The molecule has 0 N–H and O–H groups in total. The summed E-state index contributed by atoms with van der Waals surface area (Å²) in [6.45, 7) is 0. The molecule has 0 unspecified atom stereocenters. The van der Waals surface area contributed by atoms with E-state index in [1.54, 1.807) is 0 Å². The van der Waals surface area contributed by atoms with Gasteiger partial charge in [0.15, 0.2) is 6.29 Å². The van der Waals surface area contributed by atoms with E-state index in [9.17, 15) is 18.0 Å². The molecule has 5 heteroatoms. The van der Waals surface area contributed by atoms with Crippen molar-refractivity contribution in [3.63, 3.8) is 0 Å². The number of carbonyl (C=O) groups is 1. The van der Waals surface area contributed by atoms with Gasteiger partial charge in [0.2, 0.25) is 0 Å². The SMILES string of the molecule is O=Cc1ccc(C(F)(F)F)nc1CCc1ccccc1. The van der Waals surface area contributed by atoms with Gasteiger partial charge in [-0.15, -0.1) is 0 Å². The fraction of sp³-hybridized carbons (Fsp3) is 0.200. The number of aldehydes is 1. The monoisotopic (exact) mass is 279 g/mol. The Bertz CT molecular complexity index is 594. The van der Waals surface area contributed by atoms with E-state index < -0.39 is 11.9 Å². The van der Waals surface area contributed by atoms with Crippen LogP contribution in [0.1, 0.15) is 27.3 Å².